The number of carbonyl (C=O) groups is 1. The lowest BCUT2D eigenvalue weighted by Crippen LogP contribution is -2.38. The van der Waals surface area contributed by atoms with Crippen LogP contribution < -0.4 is 4.74 Å². The Balaban J connectivity index is 1.61. The molecule has 2 heterocycles. The second kappa shape index (κ2) is 10.8. The van der Waals surface area contributed by atoms with E-state index in [4.69, 9.17) is 27.9 Å². The van der Waals surface area contributed by atoms with Crippen LogP contribution in [0, 0.1) is 5.82 Å². The van der Waals surface area contributed by atoms with Crippen LogP contribution in [-0.2, 0) is 12.7 Å². The molecule has 0 spiro atoms. The molecule has 3 aromatic rings. The fourth-order valence-electron chi connectivity index (χ4n) is 4.60. The number of carbonyl (C=O) groups excluding carboxylic acids is 1. The summed E-state index contributed by atoms with van der Waals surface area (Å²) in [6, 6.07) is 11.1. The number of aromatic nitrogens is 1. The second-order valence-electron chi connectivity index (χ2n) is 8.87. The van der Waals surface area contributed by atoms with E-state index in [1.807, 2.05) is 11.0 Å². The van der Waals surface area contributed by atoms with Crippen molar-refractivity contribution in [1.82, 2.24) is 14.8 Å². The number of nitrogens with zero attached hydrogens (tertiary/aromatic N) is 3. The molecule has 0 aliphatic carbocycles. The Bertz CT molecular complexity index is 1310. The Labute approximate surface area is 221 Å². The van der Waals surface area contributed by atoms with Crippen LogP contribution in [0.15, 0.2) is 54.7 Å². The zero-order chi connectivity index (χ0) is 26.9. The van der Waals surface area contributed by atoms with Gasteiger partial charge >= 0.3 is 6.18 Å². The molecule has 37 heavy (non-hydrogen) atoms. The van der Waals surface area contributed by atoms with Crippen molar-refractivity contribution in [1.29, 1.82) is 0 Å². The van der Waals surface area contributed by atoms with Crippen molar-refractivity contribution in [3.8, 4) is 5.88 Å². The van der Waals surface area contributed by atoms with Crippen molar-refractivity contribution in [3.05, 3.63) is 92.8 Å². The van der Waals surface area contributed by atoms with Crippen molar-refractivity contribution >= 4 is 29.1 Å². The van der Waals surface area contributed by atoms with Gasteiger partial charge in [0.1, 0.15) is 5.82 Å². The van der Waals surface area contributed by atoms with Gasteiger partial charge < -0.3 is 9.64 Å². The number of likely N-dealkylation sites (tertiary alicyclic amines) is 1. The summed E-state index contributed by atoms with van der Waals surface area (Å²) < 4.78 is 58.2. The van der Waals surface area contributed by atoms with Gasteiger partial charge in [-0.25, -0.2) is 9.37 Å². The minimum absolute atomic E-state index is 0.169. The van der Waals surface area contributed by atoms with Gasteiger partial charge in [-0.3, -0.25) is 9.69 Å². The number of benzene rings is 2. The minimum Gasteiger partial charge on any atom is -0.481 e. The van der Waals surface area contributed by atoms with E-state index < -0.39 is 17.6 Å². The molecular formula is C26H23Cl2F4N3O2. The van der Waals surface area contributed by atoms with Crippen LogP contribution in [0.3, 0.4) is 0 Å². The van der Waals surface area contributed by atoms with Crippen molar-refractivity contribution < 1.29 is 27.1 Å². The minimum atomic E-state index is -4.77. The number of halogens is 6. The first-order valence-corrected chi connectivity index (χ1v) is 12.0. The first kappa shape index (κ1) is 27.2. The van der Waals surface area contributed by atoms with E-state index in [1.54, 1.807) is 36.2 Å². The molecular weight excluding hydrogens is 533 g/mol. The molecule has 5 nitrogen and oxygen atoms in total. The summed E-state index contributed by atoms with van der Waals surface area (Å²) in [6.07, 6.45) is -3.28. The van der Waals surface area contributed by atoms with Gasteiger partial charge in [0.25, 0.3) is 5.91 Å². The predicted molar refractivity (Wildman–Crippen MR) is 133 cm³/mol. The number of rotatable bonds is 6. The summed E-state index contributed by atoms with van der Waals surface area (Å²) in [7, 11) is 3.25. The summed E-state index contributed by atoms with van der Waals surface area (Å²) in [6.45, 7) is 0.856. The second-order valence-corrected chi connectivity index (χ2v) is 9.69. The van der Waals surface area contributed by atoms with Gasteiger partial charge in [0.15, 0.2) is 0 Å². The molecule has 2 aromatic carbocycles. The van der Waals surface area contributed by atoms with Crippen molar-refractivity contribution in [2.45, 2.75) is 24.7 Å². The average molecular weight is 556 g/mol. The molecule has 1 saturated heterocycles. The predicted octanol–water partition coefficient (Wildman–Crippen LogP) is 6.30. The smallest absolute Gasteiger partial charge is 0.419 e. The van der Waals surface area contributed by atoms with Gasteiger partial charge in [-0.15, -0.1) is 0 Å². The maximum absolute atomic E-state index is 14.2. The molecule has 2 atom stereocenters. The topological polar surface area (TPSA) is 45.7 Å². The van der Waals surface area contributed by atoms with Crippen LogP contribution in [0.25, 0.3) is 0 Å². The lowest BCUT2D eigenvalue weighted by molar-refractivity contribution is -0.140. The van der Waals surface area contributed by atoms with Gasteiger partial charge in [0.05, 0.1) is 22.7 Å². The van der Waals surface area contributed by atoms with Gasteiger partial charge in [-0.2, -0.15) is 13.2 Å². The maximum Gasteiger partial charge on any atom is 0.419 e. The molecule has 0 N–H and O–H groups in total. The third-order valence-electron chi connectivity index (χ3n) is 6.48. The van der Waals surface area contributed by atoms with E-state index >= 15 is 0 Å². The quantitative estimate of drug-likeness (QED) is 0.335. The van der Waals surface area contributed by atoms with Crippen molar-refractivity contribution in [3.63, 3.8) is 0 Å². The number of pyridine rings is 1. The molecule has 1 aliphatic heterocycles. The number of hydrogen-bond donors (Lipinski definition) is 0. The summed E-state index contributed by atoms with van der Waals surface area (Å²) in [5, 5.41) is 0.763. The zero-order valence-corrected chi connectivity index (χ0v) is 21.4. The molecule has 1 fully saturated rings. The highest BCUT2D eigenvalue weighted by atomic mass is 35.5. The van der Waals surface area contributed by atoms with E-state index in [0.717, 1.165) is 17.7 Å². The molecule has 196 valence electrons. The van der Waals surface area contributed by atoms with Gasteiger partial charge in [-0.05, 0) is 48.5 Å². The standard InChI is InChI=1S/C26H23Cl2F4N3O2/c1-34(12-15-3-5-19(22(29)9-15)26(30,31)32)23-14-35(25(36)17-7-8-33-24(11-17)37-2)13-18(23)16-4-6-20(27)21(28)10-16/h3-11,18,23H,12-14H2,1-2H3. The SMILES string of the molecule is COc1cc(C(=O)N2CC(c3ccc(Cl)c(Cl)c3)C(N(C)Cc3ccc(C(F)(F)F)c(F)c3)C2)ccn1. The summed E-state index contributed by atoms with van der Waals surface area (Å²) in [5.74, 6) is -1.42. The van der Waals surface area contributed by atoms with E-state index in [0.29, 0.717) is 40.1 Å². The van der Waals surface area contributed by atoms with Crippen LogP contribution in [-0.4, -0.2) is 54.0 Å². The Hall–Kier alpha value is -2.88. The first-order valence-electron chi connectivity index (χ1n) is 11.3. The first-order chi connectivity index (χ1) is 17.5. The third-order valence-corrected chi connectivity index (χ3v) is 7.22. The highest BCUT2D eigenvalue weighted by molar-refractivity contribution is 6.42. The highest BCUT2D eigenvalue weighted by Gasteiger charge is 2.39. The highest BCUT2D eigenvalue weighted by Crippen LogP contribution is 2.36. The maximum atomic E-state index is 14.2. The van der Waals surface area contributed by atoms with Crippen molar-refractivity contribution in [2.24, 2.45) is 0 Å². The van der Waals surface area contributed by atoms with E-state index in [9.17, 15) is 22.4 Å². The Morgan fingerprint density at radius 2 is 1.86 bits per heavy atom. The zero-order valence-electron chi connectivity index (χ0n) is 19.9. The van der Waals surface area contributed by atoms with Crippen LogP contribution >= 0.6 is 23.2 Å². The summed E-state index contributed by atoms with van der Waals surface area (Å²) in [4.78, 5) is 21.0. The van der Waals surface area contributed by atoms with E-state index in [1.165, 1.54) is 19.4 Å². The number of alkyl halides is 3. The monoisotopic (exact) mass is 555 g/mol. The Morgan fingerprint density at radius 3 is 2.51 bits per heavy atom. The van der Waals surface area contributed by atoms with E-state index in [-0.39, 0.29) is 24.4 Å². The fourth-order valence-corrected chi connectivity index (χ4v) is 4.90. The van der Waals surface area contributed by atoms with Gasteiger partial charge in [-0.1, -0.05) is 35.3 Å². The number of amides is 1. The van der Waals surface area contributed by atoms with Crippen LogP contribution in [0.4, 0.5) is 17.6 Å². The largest absolute Gasteiger partial charge is 0.481 e. The van der Waals surface area contributed by atoms with Crippen molar-refractivity contribution in [2.75, 3.05) is 27.2 Å². The van der Waals surface area contributed by atoms with Gasteiger partial charge in [0.2, 0.25) is 5.88 Å². The Morgan fingerprint density at radius 1 is 1.11 bits per heavy atom. The molecule has 11 heteroatoms. The lowest BCUT2D eigenvalue weighted by Gasteiger charge is -2.29. The summed E-state index contributed by atoms with van der Waals surface area (Å²) in [5.41, 5.74) is 0.336. The molecule has 1 amide bonds. The molecule has 0 bridgehead atoms. The number of hydrogen-bond acceptors (Lipinski definition) is 4. The average Bonchev–Trinajstić information content (AvgIpc) is 3.30. The fraction of sp³-hybridized carbons (Fsp3) is 0.308. The molecule has 1 aromatic heterocycles. The molecule has 0 radical (unpaired) electrons. The Kier molecular flexibility index (Phi) is 7.96. The van der Waals surface area contributed by atoms with Gasteiger partial charge in [0, 0.05) is 49.4 Å². The number of ether oxygens (including phenoxy) is 1. The molecule has 4 rings (SSSR count). The van der Waals surface area contributed by atoms with Crippen LogP contribution in [0.5, 0.6) is 5.88 Å². The third kappa shape index (κ3) is 6.00. The molecule has 0 saturated carbocycles. The molecule has 1 aliphatic rings. The lowest BCUT2D eigenvalue weighted by atomic mass is 9.93. The molecule has 2 unspecified atom stereocenters. The van der Waals surface area contributed by atoms with Crippen LogP contribution in [0.1, 0.15) is 33.0 Å². The van der Waals surface area contributed by atoms with Crippen LogP contribution in [0.2, 0.25) is 10.0 Å². The normalized spacial score (nSPS) is 17.9. The number of likely N-dealkylation sites (N-methyl/N-ethyl adjacent to an activating group) is 1. The number of methoxy groups -OCH3 is 1. The van der Waals surface area contributed by atoms with E-state index in [2.05, 4.69) is 4.98 Å². The summed E-state index contributed by atoms with van der Waals surface area (Å²) >= 11 is 12.4.